The van der Waals surface area contributed by atoms with Crippen LogP contribution in [-0.4, -0.2) is 60.2 Å². The van der Waals surface area contributed by atoms with Gasteiger partial charge in [0.2, 0.25) is 17.8 Å². The molecule has 0 radical (unpaired) electrons. The summed E-state index contributed by atoms with van der Waals surface area (Å²) < 4.78 is 0. The van der Waals surface area contributed by atoms with Gasteiger partial charge in [-0.1, -0.05) is 0 Å². The average molecular weight is 281 g/mol. The summed E-state index contributed by atoms with van der Waals surface area (Å²) in [5, 5.41) is 1.83. The summed E-state index contributed by atoms with van der Waals surface area (Å²) in [6.45, 7) is 11.9. The normalized spacial score (nSPS) is 10.8. The molecule has 0 spiro atoms. The highest BCUT2D eigenvalue weighted by Crippen LogP contribution is 2.16. The maximum Gasteiger partial charge on any atom is 0.244 e. The first-order valence-corrected chi connectivity index (χ1v) is 7.25. The molecule has 1 N–H and O–H groups in total. The van der Waals surface area contributed by atoms with Crippen molar-refractivity contribution in [3.8, 4) is 0 Å². The van der Waals surface area contributed by atoms with Crippen molar-refractivity contribution in [3.05, 3.63) is 0 Å². The first-order valence-electron chi connectivity index (χ1n) is 7.25. The van der Waals surface area contributed by atoms with Gasteiger partial charge in [-0.15, -0.1) is 0 Å². The Morgan fingerprint density at radius 1 is 0.750 bits per heavy atom. The van der Waals surface area contributed by atoms with E-state index < -0.39 is 0 Å². The molecule has 114 valence electrons. The molecular formula is C13H27N7. The second-order valence-electron chi connectivity index (χ2n) is 4.61. The Morgan fingerprint density at radius 3 is 1.45 bits per heavy atom. The first kappa shape index (κ1) is 16.4. The summed E-state index contributed by atoms with van der Waals surface area (Å²) in [6, 6.07) is 0. The molecule has 0 aliphatic rings. The molecule has 0 unspecified atom stereocenters. The molecule has 0 aliphatic carbocycles. The van der Waals surface area contributed by atoms with Crippen molar-refractivity contribution in [3.63, 3.8) is 0 Å². The lowest BCUT2D eigenvalue weighted by atomic mass is 10.5. The molecule has 0 aliphatic heterocycles. The van der Waals surface area contributed by atoms with Crippen LogP contribution in [-0.2, 0) is 0 Å². The number of nitrogens with one attached hydrogen (secondary N) is 1. The number of hydrazine groups is 1. The van der Waals surface area contributed by atoms with E-state index in [0.29, 0.717) is 5.95 Å². The fourth-order valence-corrected chi connectivity index (χ4v) is 1.90. The molecule has 0 saturated carbocycles. The molecular weight excluding hydrogens is 254 g/mol. The smallest absolute Gasteiger partial charge is 0.244 e. The zero-order valence-corrected chi connectivity index (χ0v) is 13.5. The topological polar surface area (TPSA) is 60.4 Å². The molecule has 1 heterocycles. The summed E-state index contributed by atoms with van der Waals surface area (Å²) in [7, 11) is 3.83. The molecule has 7 nitrogen and oxygen atoms in total. The van der Waals surface area contributed by atoms with E-state index in [1.54, 1.807) is 0 Å². The fraction of sp³-hybridized carbons (Fsp3) is 0.769. The number of rotatable bonds is 8. The average Bonchev–Trinajstić information content (AvgIpc) is 2.40. The zero-order chi connectivity index (χ0) is 15.1. The van der Waals surface area contributed by atoms with Crippen LogP contribution in [0.3, 0.4) is 0 Å². The minimum atomic E-state index is 0.578. The van der Waals surface area contributed by atoms with Crippen molar-refractivity contribution >= 4 is 17.8 Å². The van der Waals surface area contributed by atoms with Gasteiger partial charge in [0.05, 0.1) is 0 Å². The molecule has 0 saturated heterocycles. The van der Waals surface area contributed by atoms with Gasteiger partial charge in [-0.05, 0) is 27.7 Å². The van der Waals surface area contributed by atoms with E-state index in [9.17, 15) is 0 Å². The molecule has 1 aromatic heterocycles. The van der Waals surface area contributed by atoms with Crippen LogP contribution in [0.4, 0.5) is 17.8 Å². The van der Waals surface area contributed by atoms with Crippen LogP contribution in [0.1, 0.15) is 27.7 Å². The molecule has 7 heteroatoms. The third-order valence-electron chi connectivity index (χ3n) is 3.03. The highest BCUT2D eigenvalue weighted by atomic mass is 15.5. The molecule has 0 atom stereocenters. The number of hydrogen-bond donors (Lipinski definition) is 1. The molecule has 0 fully saturated rings. The molecule has 0 bridgehead atoms. The largest absolute Gasteiger partial charge is 0.341 e. The summed E-state index contributed by atoms with van der Waals surface area (Å²) in [4.78, 5) is 17.8. The monoisotopic (exact) mass is 281 g/mol. The van der Waals surface area contributed by atoms with Gasteiger partial charge in [0.25, 0.3) is 0 Å². The van der Waals surface area contributed by atoms with Crippen LogP contribution >= 0.6 is 0 Å². The zero-order valence-electron chi connectivity index (χ0n) is 13.5. The second-order valence-corrected chi connectivity index (χ2v) is 4.61. The van der Waals surface area contributed by atoms with E-state index in [-0.39, 0.29) is 0 Å². The van der Waals surface area contributed by atoms with Gasteiger partial charge < -0.3 is 9.80 Å². The van der Waals surface area contributed by atoms with Crippen molar-refractivity contribution in [1.82, 2.24) is 20.0 Å². The van der Waals surface area contributed by atoms with E-state index >= 15 is 0 Å². The standard InChI is InChI=1S/C13H27N7/c1-7-19(8-2)12-14-11(17-18(5)6)15-13(16-12)20(9-3)10-4/h7-10H2,1-6H3,(H,14,15,16,17). The highest BCUT2D eigenvalue weighted by molar-refractivity contribution is 5.44. The minimum Gasteiger partial charge on any atom is -0.341 e. The van der Waals surface area contributed by atoms with Crippen LogP contribution in [0.2, 0.25) is 0 Å². The molecule has 20 heavy (non-hydrogen) atoms. The van der Waals surface area contributed by atoms with Gasteiger partial charge in [0.15, 0.2) is 0 Å². The SMILES string of the molecule is CCN(CC)c1nc(NN(C)C)nc(N(CC)CC)n1. The minimum absolute atomic E-state index is 0.578. The lowest BCUT2D eigenvalue weighted by Crippen LogP contribution is -2.30. The summed E-state index contributed by atoms with van der Waals surface area (Å²) >= 11 is 0. The van der Waals surface area contributed by atoms with Gasteiger partial charge in [-0.25, -0.2) is 5.01 Å². The van der Waals surface area contributed by atoms with E-state index in [4.69, 9.17) is 0 Å². The Morgan fingerprint density at radius 2 is 1.15 bits per heavy atom. The number of aromatic nitrogens is 3. The van der Waals surface area contributed by atoms with E-state index in [1.807, 2.05) is 19.1 Å². The fourth-order valence-electron chi connectivity index (χ4n) is 1.90. The number of hydrogen-bond acceptors (Lipinski definition) is 7. The second kappa shape index (κ2) is 7.84. The summed E-state index contributed by atoms with van der Waals surface area (Å²) in [5.41, 5.74) is 3.11. The van der Waals surface area contributed by atoms with Crippen molar-refractivity contribution in [2.75, 3.05) is 55.5 Å². The van der Waals surface area contributed by atoms with Crippen molar-refractivity contribution < 1.29 is 0 Å². The number of anilines is 3. The van der Waals surface area contributed by atoms with Crippen molar-refractivity contribution in [2.45, 2.75) is 27.7 Å². The molecule has 0 aromatic carbocycles. The lowest BCUT2D eigenvalue weighted by Gasteiger charge is -2.24. The van der Waals surface area contributed by atoms with Crippen LogP contribution in [0.25, 0.3) is 0 Å². The van der Waals surface area contributed by atoms with E-state index in [0.717, 1.165) is 38.1 Å². The van der Waals surface area contributed by atoms with Crippen molar-refractivity contribution in [1.29, 1.82) is 0 Å². The Hall–Kier alpha value is -1.63. The van der Waals surface area contributed by atoms with Crippen LogP contribution in [0.5, 0.6) is 0 Å². The Balaban J connectivity index is 3.19. The molecule has 1 aromatic rings. The van der Waals surface area contributed by atoms with E-state index in [1.165, 1.54) is 0 Å². The predicted molar refractivity (Wildman–Crippen MR) is 84.3 cm³/mol. The third kappa shape index (κ3) is 4.19. The van der Waals surface area contributed by atoms with Crippen LogP contribution < -0.4 is 15.2 Å². The Kier molecular flexibility index (Phi) is 6.44. The van der Waals surface area contributed by atoms with Gasteiger partial charge in [0, 0.05) is 40.3 Å². The van der Waals surface area contributed by atoms with Gasteiger partial charge in [-0.3, -0.25) is 5.43 Å². The van der Waals surface area contributed by atoms with E-state index in [2.05, 4.69) is 57.9 Å². The molecule has 0 amide bonds. The van der Waals surface area contributed by atoms with Gasteiger partial charge >= 0.3 is 0 Å². The third-order valence-corrected chi connectivity index (χ3v) is 3.03. The number of nitrogens with zero attached hydrogens (tertiary/aromatic N) is 6. The lowest BCUT2D eigenvalue weighted by molar-refractivity contribution is 0.488. The van der Waals surface area contributed by atoms with Crippen LogP contribution in [0.15, 0.2) is 0 Å². The predicted octanol–water partition coefficient (Wildman–Crippen LogP) is 1.45. The van der Waals surface area contributed by atoms with Crippen LogP contribution in [0, 0.1) is 0 Å². The maximum atomic E-state index is 4.60. The molecule has 1 rings (SSSR count). The van der Waals surface area contributed by atoms with Crippen molar-refractivity contribution in [2.24, 2.45) is 0 Å². The maximum absolute atomic E-state index is 4.60. The quantitative estimate of drug-likeness (QED) is 0.724. The Labute approximate surface area is 122 Å². The van der Waals surface area contributed by atoms with Gasteiger partial charge in [-0.2, -0.15) is 15.0 Å². The van der Waals surface area contributed by atoms with Gasteiger partial charge in [0.1, 0.15) is 0 Å². The summed E-state index contributed by atoms with van der Waals surface area (Å²) in [6.07, 6.45) is 0. The first-order chi connectivity index (χ1) is 9.55. The summed E-state index contributed by atoms with van der Waals surface area (Å²) in [5.74, 6) is 2.02. The highest BCUT2D eigenvalue weighted by Gasteiger charge is 2.14. The Bertz CT molecular complexity index is 369.